The van der Waals surface area contributed by atoms with Gasteiger partial charge in [-0.05, 0) is 38.0 Å². The third-order valence-corrected chi connectivity index (χ3v) is 5.82. The van der Waals surface area contributed by atoms with Crippen molar-refractivity contribution in [3.8, 4) is 11.1 Å². The molecule has 3 aromatic rings. The number of rotatable bonds is 5. The minimum atomic E-state index is -0.789. The van der Waals surface area contributed by atoms with Crippen molar-refractivity contribution < 1.29 is 18.3 Å². The largest absolute Gasteiger partial charge is 0.444 e. The summed E-state index contributed by atoms with van der Waals surface area (Å²) in [5.74, 6) is -1.58. The number of anilines is 1. The van der Waals surface area contributed by atoms with Crippen LogP contribution in [-0.2, 0) is 16.7 Å². The van der Waals surface area contributed by atoms with Crippen molar-refractivity contribution in [2.45, 2.75) is 37.8 Å². The van der Waals surface area contributed by atoms with Gasteiger partial charge < -0.3 is 10.5 Å². The molecular formula is C21H20F2N6O2. The van der Waals surface area contributed by atoms with E-state index in [1.54, 1.807) is 19.1 Å². The number of H-pyrrole nitrogens is 1. The molecule has 31 heavy (non-hydrogen) atoms. The van der Waals surface area contributed by atoms with Crippen molar-refractivity contribution >= 4 is 11.8 Å². The maximum atomic E-state index is 14.9. The number of pyridine rings is 1. The van der Waals surface area contributed by atoms with Gasteiger partial charge in [0.25, 0.3) is 0 Å². The topological polar surface area (TPSA) is 110 Å². The number of halogens is 2. The fourth-order valence-electron chi connectivity index (χ4n) is 3.78. The molecule has 0 unspecified atom stereocenters. The molecule has 2 aromatic heterocycles. The quantitative estimate of drug-likeness (QED) is 0.649. The zero-order valence-corrected chi connectivity index (χ0v) is 16.7. The van der Waals surface area contributed by atoms with Crippen LogP contribution in [0.15, 0.2) is 30.5 Å². The zero-order chi connectivity index (χ0) is 21.8. The molecule has 3 heterocycles. The molecule has 0 radical (unpaired) electrons. The van der Waals surface area contributed by atoms with Crippen LogP contribution < -0.4 is 10.6 Å². The first-order chi connectivity index (χ1) is 14.8. The van der Waals surface area contributed by atoms with Crippen molar-refractivity contribution in [2.24, 2.45) is 5.73 Å². The van der Waals surface area contributed by atoms with E-state index in [2.05, 4.69) is 20.4 Å². The van der Waals surface area contributed by atoms with Crippen molar-refractivity contribution in [3.05, 3.63) is 59.2 Å². The second kappa shape index (κ2) is 7.09. The van der Waals surface area contributed by atoms with E-state index in [4.69, 9.17) is 10.5 Å². The van der Waals surface area contributed by atoms with Crippen LogP contribution in [0.5, 0.6) is 0 Å². The summed E-state index contributed by atoms with van der Waals surface area (Å²) in [5.41, 5.74) is 8.05. The number of hydrogen-bond acceptors (Lipinski definition) is 6. The number of ether oxygens (including phenoxy) is 1. The highest BCUT2D eigenvalue weighted by atomic mass is 19.1. The number of nitrogens with zero attached hydrogens (tertiary/aromatic N) is 4. The van der Waals surface area contributed by atoms with Gasteiger partial charge in [0, 0.05) is 18.2 Å². The maximum Gasteiger partial charge on any atom is 0.414 e. The van der Waals surface area contributed by atoms with Gasteiger partial charge in [0.2, 0.25) is 0 Å². The molecule has 1 amide bonds. The van der Waals surface area contributed by atoms with Crippen LogP contribution in [0, 0.1) is 18.6 Å². The number of carbonyl (C=O) groups is 1. The second-order valence-corrected chi connectivity index (χ2v) is 8.07. The van der Waals surface area contributed by atoms with Gasteiger partial charge in [0.05, 0.1) is 40.4 Å². The molecule has 0 bridgehead atoms. The van der Waals surface area contributed by atoms with Crippen LogP contribution >= 0.6 is 0 Å². The number of aromatic nitrogens is 4. The summed E-state index contributed by atoms with van der Waals surface area (Å²) in [4.78, 5) is 17.8. The number of aryl methyl sites for hydroxylation is 1. The Morgan fingerprint density at radius 2 is 2.03 bits per heavy atom. The average Bonchev–Trinajstić information content (AvgIpc) is 3.19. The number of amides is 1. The lowest BCUT2D eigenvalue weighted by molar-refractivity contribution is 0.141. The highest BCUT2D eigenvalue weighted by Gasteiger charge is 2.41. The summed E-state index contributed by atoms with van der Waals surface area (Å²) in [5, 5.41) is 10.3. The predicted octanol–water partition coefficient (Wildman–Crippen LogP) is 2.97. The minimum Gasteiger partial charge on any atom is -0.444 e. The molecule has 1 saturated carbocycles. The lowest BCUT2D eigenvalue weighted by Gasteiger charge is -2.15. The average molecular weight is 426 g/mol. The number of carbonyl (C=O) groups excluding carboxylic acids is 1. The number of benzene rings is 1. The summed E-state index contributed by atoms with van der Waals surface area (Å²) in [6, 6.07) is 5.57. The monoisotopic (exact) mass is 426 g/mol. The fraction of sp³-hybridized carbons (Fsp3) is 0.333. The molecule has 1 aromatic carbocycles. The molecule has 1 aliphatic heterocycles. The van der Waals surface area contributed by atoms with E-state index in [-0.39, 0.29) is 17.8 Å². The molecule has 2 fully saturated rings. The molecule has 1 aliphatic carbocycles. The molecule has 1 atom stereocenters. The molecule has 0 spiro atoms. The number of hydrogen-bond donors (Lipinski definition) is 2. The molecule has 8 nitrogen and oxygen atoms in total. The fourth-order valence-corrected chi connectivity index (χ4v) is 3.78. The molecule has 1 saturated heterocycles. The van der Waals surface area contributed by atoms with E-state index in [1.165, 1.54) is 11.1 Å². The van der Waals surface area contributed by atoms with Crippen molar-refractivity contribution in [1.29, 1.82) is 0 Å². The molecule has 2 aliphatic rings. The van der Waals surface area contributed by atoms with Crippen molar-refractivity contribution in [1.82, 2.24) is 20.4 Å². The predicted molar refractivity (Wildman–Crippen MR) is 107 cm³/mol. The van der Waals surface area contributed by atoms with Gasteiger partial charge in [-0.15, -0.1) is 5.10 Å². The molecule has 5 rings (SSSR count). The number of nitrogens with two attached hydrogens (primary N) is 1. The third kappa shape index (κ3) is 3.52. The standard InChI is InChI=1S/C21H20F2N6O2/c1-11-17(27-28-26-11)8-14-10-29(20(30)31-14)13-6-15(22)19(16(23)7-13)12-2-3-18(25-9-12)21(24)4-5-21/h2-3,6-7,9,14H,4-5,8,10,24H2,1H3,(H,26,27,28)/t14-/m1/s1. The Labute approximate surface area is 176 Å². The highest BCUT2D eigenvalue weighted by Crippen LogP contribution is 2.42. The SMILES string of the molecule is Cc1nn[nH]c1C[C@@H]1CN(c2cc(F)c(-c3ccc(C4(N)CC4)nc3)c(F)c2)C(=O)O1. The van der Waals surface area contributed by atoms with E-state index < -0.39 is 29.4 Å². The van der Waals surface area contributed by atoms with Crippen LogP contribution in [0.2, 0.25) is 0 Å². The van der Waals surface area contributed by atoms with E-state index in [9.17, 15) is 13.6 Å². The Morgan fingerprint density at radius 1 is 1.29 bits per heavy atom. The van der Waals surface area contributed by atoms with Gasteiger partial charge in [-0.25, -0.2) is 13.6 Å². The van der Waals surface area contributed by atoms with Gasteiger partial charge in [-0.2, -0.15) is 0 Å². The molecule has 3 N–H and O–H groups in total. The molecule has 160 valence electrons. The van der Waals surface area contributed by atoms with Crippen molar-refractivity contribution in [3.63, 3.8) is 0 Å². The Balaban J connectivity index is 1.37. The summed E-state index contributed by atoms with van der Waals surface area (Å²) < 4.78 is 35.1. The van der Waals surface area contributed by atoms with Crippen molar-refractivity contribution in [2.75, 3.05) is 11.4 Å². The highest BCUT2D eigenvalue weighted by molar-refractivity contribution is 5.90. The second-order valence-electron chi connectivity index (χ2n) is 8.07. The first kappa shape index (κ1) is 19.6. The van der Waals surface area contributed by atoms with E-state index in [1.807, 2.05) is 0 Å². The van der Waals surface area contributed by atoms with Gasteiger partial charge in [0.1, 0.15) is 17.7 Å². The lowest BCUT2D eigenvalue weighted by atomic mass is 10.0. The Hall–Kier alpha value is -3.40. The summed E-state index contributed by atoms with van der Waals surface area (Å²) >= 11 is 0. The van der Waals surface area contributed by atoms with E-state index >= 15 is 0 Å². The summed E-state index contributed by atoms with van der Waals surface area (Å²) in [6.45, 7) is 1.95. The smallest absolute Gasteiger partial charge is 0.414 e. The first-order valence-electron chi connectivity index (χ1n) is 9.93. The Bertz CT molecular complexity index is 1140. The minimum absolute atomic E-state index is 0.0918. The van der Waals surface area contributed by atoms with Gasteiger partial charge in [-0.3, -0.25) is 15.0 Å². The zero-order valence-electron chi connectivity index (χ0n) is 16.7. The van der Waals surface area contributed by atoms with Crippen LogP contribution in [0.1, 0.15) is 29.9 Å². The van der Waals surface area contributed by atoms with E-state index in [0.29, 0.717) is 23.4 Å². The van der Waals surface area contributed by atoms with Gasteiger partial charge in [0.15, 0.2) is 0 Å². The number of nitrogens with one attached hydrogen (secondary N) is 1. The Kier molecular flexibility index (Phi) is 4.47. The van der Waals surface area contributed by atoms with Gasteiger partial charge >= 0.3 is 6.09 Å². The van der Waals surface area contributed by atoms with Crippen LogP contribution in [0.25, 0.3) is 11.1 Å². The summed E-state index contributed by atoms with van der Waals surface area (Å²) in [6.07, 6.45) is 2.35. The molecular weight excluding hydrogens is 406 g/mol. The third-order valence-electron chi connectivity index (χ3n) is 5.82. The lowest BCUT2D eigenvalue weighted by Crippen LogP contribution is -2.25. The molecule has 10 heteroatoms. The van der Waals surface area contributed by atoms with Gasteiger partial charge in [-0.1, -0.05) is 11.3 Å². The number of aromatic amines is 1. The Morgan fingerprint density at radius 3 is 2.61 bits per heavy atom. The van der Waals surface area contributed by atoms with Crippen LogP contribution in [0.4, 0.5) is 19.3 Å². The normalized spacial score (nSPS) is 19.5. The van der Waals surface area contributed by atoms with Crippen LogP contribution in [-0.4, -0.2) is 39.1 Å². The van der Waals surface area contributed by atoms with E-state index in [0.717, 1.165) is 30.7 Å². The maximum absolute atomic E-state index is 14.9. The summed E-state index contributed by atoms with van der Waals surface area (Å²) in [7, 11) is 0. The number of cyclic esters (lactones) is 1. The first-order valence-corrected chi connectivity index (χ1v) is 9.93. The van der Waals surface area contributed by atoms with Crippen LogP contribution in [0.3, 0.4) is 0 Å².